The molecule has 7 heteroatoms. The van der Waals surface area contributed by atoms with Crippen molar-refractivity contribution >= 4 is 38.9 Å². The molecule has 3 heterocycles. The predicted molar refractivity (Wildman–Crippen MR) is 144 cm³/mol. The summed E-state index contributed by atoms with van der Waals surface area (Å²) in [6, 6.07) is 24.4. The fourth-order valence-corrected chi connectivity index (χ4v) is 5.59. The van der Waals surface area contributed by atoms with E-state index >= 15 is 0 Å². The molecule has 34 heavy (non-hydrogen) atoms. The summed E-state index contributed by atoms with van der Waals surface area (Å²) in [6.45, 7) is 4.31. The number of halogens is 1. The number of thiocarbonyl (C=S) groups is 1. The Hall–Kier alpha value is -3.16. The van der Waals surface area contributed by atoms with Gasteiger partial charge < -0.3 is 19.5 Å². The molecule has 0 spiro atoms. The minimum atomic E-state index is -0.0936. The smallest absolute Gasteiger partial charge is 0.174 e. The van der Waals surface area contributed by atoms with E-state index in [0.29, 0.717) is 5.11 Å². The average Bonchev–Trinajstić information content (AvgIpc) is 3.35. The normalized spacial score (nSPS) is 17.6. The molecule has 1 saturated heterocycles. The highest BCUT2D eigenvalue weighted by molar-refractivity contribution is 9.10. The highest BCUT2D eigenvalue weighted by Crippen LogP contribution is 2.44. The SMILES string of the molecule is COc1ccc(N2C(=S)N[C@H](c3ccccn3)[C@@H]2c2cc(C)n(-c3ccccc3Br)c2C)cc1. The van der Waals surface area contributed by atoms with Crippen molar-refractivity contribution in [3.05, 3.63) is 106 Å². The number of aryl methyl sites for hydroxylation is 1. The van der Waals surface area contributed by atoms with Gasteiger partial charge in [0.1, 0.15) is 5.75 Å². The second kappa shape index (κ2) is 9.24. The van der Waals surface area contributed by atoms with Crippen LogP contribution in [0.15, 0.2) is 83.5 Å². The number of benzene rings is 2. The van der Waals surface area contributed by atoms with E-state index < -0.39 is 0 Å². The third kappa shape index (κ3) is 3.89. The third-order valence-electron chi connectivity index (χ3n) is 6.33. The molecule has 0 amide bonds. The van der Waals surface area contributed by atoms with Crippen molar-refractivity contribution in [1.29, 1.82) is 0 Å². The van der Waals surface area contributed by atoms with Crippen LogP contribution < -0.4 is 15.0 Å². The van der Waals surface area contributed by atoms with Crippen LogP contribution >= 0.6 is 28.1 Å². The summed E-state index contributed by atoms with van der Waals surface area (Å²) in [6.07, 6.45) is 1.83. The van der Waals surface area contributed by atoms with Gasteiger partial charge in [-0.3, -0.25) is 4.98 Å². The third-order valence-corrected chi connectivity index (χ3v) is 7.32. The lowest BCUT2D eigenvalue weighted by Crippen LogP contribution is -2.29. The summed E-state index contributed by atoms with van der Waals surface area (Å²) >= 11 is 9.60. The highest BCUT2D eigenvalue weighted by Gasteiger charge is 2.42. The molecule has 172 valence electrons. The zero-order valence-electron chi connectivity index (χ0n) is 19.2. The Morgan fingerprint density at radius 1 is 1.00 bits per heavy atom. The van der Waals surface area contributed by atoms with Gasteiger partial charge in [-0.05, 0) is 102 Å². The fraction of sp³-hybridized carbons (Fsp3) is 0.185. The van der Waals surface area contributed by atoms with Crippen LogP contribution in [0.25, 0.3) is 5.69 Å². The van der Waals surface area contributed by atoms with Crippen LogP contribution in [-0.4, -0.2) is 21.8 Å². The fourth-order valence-electron chi connectivity index (χ4n) is 4.78. The van der Waals surface area contributed by atoms with E-state index in [4.69, 9.17) is 17.0 Å². The zero-order chi connectivity index (χ0) is 23.8. The van der Waals surface area contributed by atoms with Crippen LogP contribution in [0, 0.1) is 13.8 Å². The van der Waals surface area contributed by atoms with Crippen LogP contribution in [-0.2, 0) is 0 Å². The molecular weight excluding hydrogens is 508 g/mol. The highest BCUT2D eigenvalue weighted by atomic mass is 79.9. The average molecular weight is 533 g/mol. The standard InChI is InChI=1S/C27H25BrN4OS/c1-17-16-21(18(2)31(17)24-10-5-4-8-22(24)28)26-25(23-9-6-7-15-29-23)30-27(34)32(26)19-11-13-20(33-3)14-12-19/h4-16,25-26H,1-3H3,(H,30,34)/t25-,26+/m1/s1. The lowest BCUT2D eigenvalue weighted by molar-refractivity contribution is 0.415. The Morgan fingerprint density at radius 2 is 1.74 bits per heavy atom. The summed E-state index contributed by atoms with van der Waals surface area (Å²) < 4.78 is 8.72. The van der Waals surface area contributed by atoms with E-state index in [0.717, 1.165) is 33.0 Å². The summed E-state index contributed by atoms with van der Waals surface area (Å²) in [5.41, 5.74) is 6.60. The van der Waals surface area contributed by atoms with Crippen LogP contribution in [0.1, 0.15) is 34.7 Å². The molecule has 0 aliphatic carbocycles. The molecule has 0 saturated carbocycles. The maximum absolute atomic E-state index is 5.88. The monoisotopic (exact) mass is 532 g/mol. The number of nitrogens with zero attached hydrogens (tertiary/aromatic N) is 3. The first-order valence-corrected chi connectivity index (χ1v) is 12.3. The van der Waals surface area contributed by atoms with Gasteiger partial charge in [-0.1, -0.05) is 18.2 Å². The van der Waals surface area contributed by atoms with Crippen molar-refractivity contribution in [2.45, 2.75) is 25.9 Å². The molecular formula is C27H25BrN4OS. The summed E-state index contributed by atoms with van der Waals surface area (Å²) in [5, 5.41) is 4.23. The summed E-state index contributed by atoms with van der Waals surface area (Å²) in [7, 11) is 1.67. The largest absolute Gasteiger partial charge is 0.497 e. The van der Waals surface area contributed by atoms with E-state index in [-0.39, 0.29) is 12.1 Å². The van der Waals surface area contributed by atoms with E-state index in [2.05, 4.69) is 79.9 Å². The quantitative estimate of drug-likeness (QED) is 0.299. The number of methoxy groups -OCH3 is 1. The van der Waals surface area contributed by atoms with Gasteiger partial charge in [0.2, 0.25) is 0 Å². The molecule has 0 bridgehead atoms. The number of pyridine rings is 1. The predicted octanol–water partition coefficient (Wildman–Crippen LogP) is 6.44. The maximum Gasteiger partial charge on any atom is 0.174 e. The van der Waals surface area contributed by atoms with E-state index in [1.165, 1.54) is 11.3 Å². The van der Waals surface area contributed by atoms with E-state index in [1.54, 1.807) is 7.11 Å². The Morgan fingerprint density at radius 3 is 2.41 bits per heavy atom. The van der Waals surface area contributed by atoms with E-state index in [9.17, 15) is 0 Å². The van der Waals surface area contributed by atoms with Crippen LogP contribution in [0.5, 0.6) is 5.75 Å². The summed E-state index contributed by atoms with van der Waals surface area (Å²) in [4.78, 5) is 6.87. The summed E-state index contributed by atoms with van der Waals surface area (Å²) in [5.74, 6) is 0.812. The lowest BCUT2D eigenvalue weighted by Gasteiger charge is -2.28. The van der Waals surface area contributed by atoms with E-state index in [1.807, 2.05) is 48.7 Å². The van der Waals surface area contributed by atoms with Gasteiger partial charge in [-0.2, -0.15) is 0 Å². The molecule has 1 aliphatic heterocycles. The van der Waals surface area contributed by atoms with Crippen LogP contribution in [0.2, 0.25) is 0 Å². The number of ether oxygens (including phenoxy) is 1. The first-order chi connectivity index (χ1) is 16.5. The molecule has 4 aromatic rings. The van der Waals surface area contributed by atoms with Crippen molar-refractivity contribution in [2.24, 2.45) is 0 Å². The zero-order valence-corrected chi connectivity index (χ0v) is 21.6. The van der Waals surface area contributed by atoms with Crippen molar-refractivity contribution in [3.63, 3.8) is 0 Å². The number of para-hydroxylation sites is 1. The van der Waals surface area contributed by atoms with Gasteiger partial charge in [0.25, 0.3) is 0 Å². The topological polar surface area (TPSA) is 42.3 Å². The van der Waals surface area contributed by atoms with Gasteiger partial charge in [-0.25, -0.2) is 0 Å². The van der Waals surface area contributed by atoms with Crippen LogP contribution in [0.3, 0.4) is 0 Å². The Kier molecular flexibility index (Phi) is 6.15. The number of hydrogen-bond acceptors (Lipinski definition) is 3. The number of rotatable bonds is 5. The Bertz CT molecular complexity index is 1340. The molecule has 2 atom stereocenters. The Labute approximate surface area is 213 Å². The van der Waals surface area contributed by atoms with Gasteiger partial charge in [0.15, 0.2) is 5.11 Å². The Balaban J connectivity index is 1.68. The van der Waals surface area contributed by atoms with Crippen molar-refractivity contribution in [1.82, 2.24) is 14.9 Å². The molecule has 0 unspecified atom stereocenters. The van der Waals surface area contributed by atoms with Gasteiger partial charge in [0.05, 0.1) is 30.6 Å². The second-order valence-corrected chi connectivity index (χ2v) is 9.55. The minimum absolute atomic E-state index is 0.0711. The second-order valence-electron chi connectivity index (χ2n) is 8.31. The molecule has 1 aliphatic rings. The number of aromatic nitrogens is 2. The molecule has 0 radical (unpaired) electrons. The molecule has 5 rings (SSSR count). The van der Waals surface area contributed by atoms with Gasteiger partial charge in [0, 0.05) is 27.7 Å². The maximum atomic E-state index is 5.88. The molecule has 2 aromatic carbocycles. The van der Waals surface area contributed by atoms with Gasteiger partial charge >= 0.3 is 0 Å². The lowest BCUT2D eigenvalue weighted by atomic mass is 9.96. The molecule has 1 fully saturated rings. The van der Waals surface area contributed by atoms with Crippen molar-refractivity contribution < 1.29 is 4.74 Å². The van der Waals surface area contributed by atoms with Crippen molar-refractivity contribution in [3.8, 4) is 11.4 Å². The van der Waals surface area contributed by atoms with Crippen LogP contribution in [0.4, 0.5) is 5.69 Å². The first kappa shape index (κ1) is 22.6. The molecule has 1 N–H and O–H groups in total. The first-order valence-electron chi connectivity index (χ1n) is 11.1. The van der Waals surface area contributed by atoms with Gasteiger partial charge in [-0.15, -0.1) is 0 Å². The number of nitrogens with one attached hydrogen (secondary N) is 1. The minimum Gasteiger partial charge on any atom is -0.497 e. The molecule has 2 aromatic heterocycles. The van der Waals surface area contributed by atoms with Crippen molar-refractivity contribution in [2.75, 3.05) is 12.0 Å². The molecule has 5 nitrogen and oxygen atoms in total. The number of hydrogen-bond donors (Lipinski definition) is 1. The number of anilines is 1.